The van der Waals surface area contributed by atoms with Crippen LogP contribution in [-0.4, -0.2) is 16.1 Å². The van der Waals surface area contributed by atoms with Crippen molar-refractivity contribution in [1.29, 1.82) is 5.26 Å². The first-order valence-corrected chi connectivity index (χ1v) is 4.40. The van der Waals surface area contributed by atoms with E-state index in [1.807, 2.05) is 12.1 Å². The predicted molar refractivity (Wildman–Crippen MR) is 55.0 cm³/mol. The standard InChI is InChI=1S/C10H8N4O/c11-5-4-10(15)13-8-2-1-3-9-7(8)6-12-14-9/h1-3,6H,4H2,(H,12,14)(H,13,15). The molecule has 0 radical (unpaired) electrons. The summed E-state index contributed by atoms with van der Waals surface area (Å²) < 4.78 is 0. The van der Waals surface area contributed by atoms with E-state index in [0.717, 1.165) is 10.9 Å². The summed E-state index contributed by atoms with van der Waals surface area (Å²) in [6, 6.07) is 7.24. The van der Waals surface area contributed by atoms with E-state index in [9.17, 15) is 4.79 Å². The van der Waals surface area contributed by atoms with E-state index in [-0.39, 0.29) is 12.3 Å². The van der Waals surface area contributed by atoms with E-state index < -0.39 is 0 Å². The number of fused-ring (bicyclic) bond motifs is 1. The lowest BCUT2D eigenvalue weighted by Gasteiger charge is -2.02. The van der Waals surface area contributed by atoms with E-state index in [4.69, 9.17) is 5.26 Å². The first kappa shape index (κ1) is 9.21. The third-order valence-corrected chi connectivity index (χ3v) is 2.00. The maximum absolute atomic E-state index is 11.2. The normalized spacial score (nSPS) is 9.80. The molecule has 0 saturated carbocycles. The Bertz CT molecular complexity index is 538. The molecule has 74 valence electrons. The van der Waals surface area contributed by atoms with Crippen molar-refractivity contribution in [2.45, 2.75) is 6.42 Å². The van der Waals surface area contributed by atoms with Crippen molar-refractivity contribution in [2.24, 2.45) is 0 Å². The largest absolute Gasteiger partial charge is 0.325 e. The third-order valence-electron chi connectivity index (χ3n) is 2.00. The van der Waals surface area contributed by atoms with Gasteiger partial charge in [0.15, 0.2) is 0 Å². The molecule has 0 aliphatic carbocycles. The number of aromatic nitrogens is 2. The second-order valence-electron chi connectivity index (χ2n) is 3.02. The first-order chi connectivity index (χ1) is 7.31. The fourth-order valence-corrected chi connectivity index (χ4v) is 1.34. The summed E-state index contributed by atoms with van der Waals surface area (Å²) in [4.78, 5) is 11.2. The number of aromatic amines is 1. The highest BCUT2D eigenvalue weighted by Crippen LogP contribution is 2.20. The van der Waals surface area contributed by atoms with Gasteiger partial charge in [0.1, 0.15) is 6.42 Å². The Morgan fingerprint density at radius 1 is 1.60 bits per heavy atom. The lowest BCUT2D eigenvalue weighted by atomic mass is 10.2. The van der Waals surface area contributed by atoms with Crippen LogP contribution in [0.1, 0.15) is 6.42 Å². The summed E-state index contributed by atoms with van der Waals surface area (Å²) >= 11 is 0. The molecule has 2 rings (SSSR count). The quantitative estimate of drug-likeness (QED) is 0.769. The van der Waals surface area contributed by atoms with Crippen molar-refractivity contribution in [2.75, 3.05) is 5.32 Å². The molecule has 0 saturated heterocycles. The number of carbonyl (C=O) groups is 1. The number of amides is 1. The van der Waals surface area contributed by atoms with Crippen molar-refractivity contribution in [1.82, 2.24) is 10.2 Å². The maximum atomic E-state index is 11.2. The topological polar surface area (TPSA) is 81.6 Å². The molecule has 2 aromatic rings. The Morgan fingerprint density at radius 2 is 2.47 bits per heavy atom. The molecular formula is C10H8N4O. The zero-order valence-electron chi connectivity index (χ0n) is 7.82. The zero-order valence-corrected chi connectivity index (χ0v) is 7.82. The van der Waals surface area contributed by atoms with Crippen LogP contribution in [0.2, 0.25) is 0 Å². The minimum absolute atomic E-state index is 0.145. The lowest BCUT2D eigenvalue weighted by Crippen LogP contribution is -2.10. The average Bonchev–Trinajstić information content (AvgIpc) is 2.67. The van der Waals surface area contributed by atoms with Crippen molar-refractivity contribution >= 4 is 22.5 Å². The molecule has 5 nitrogen and oxygen atoms in total. The van der Waals surface area contributed by atoms with Gasteiger partial charge in [-0.25, -0.2) is 0 Å². The molecule has 2 N–H and O–H groups in total. The highest BCUT2D eigenvalue weighted by atomic mass is 16.1. The average molecular weight is 200 g/mol. The van der Waals surface area contributed by atoms with Gasteiger partial charge < -0.3 is 5.32 Å². The van der Waals surface area contributed by atoms with Crippen LogP contribution in [0.4, 0.5) is 5.69 Å². The van der Waals surface area contributed by atoms with E-state index in [1.165, 1.54) is 0 Å². The third kappa shape index (κ3) is 1.79. The fraction of sp³-hybridized carbons (Fsp3) is 0.100. The number of hydrogen-bond donors (Lipinski definition) is 2. The molecule has 0 fully saturated rings. The Kier molecular flexibility index (Phi) is 2.33. The minimum Gasteiger partial charge on any atom is -0.325 e. The second kappa shape index (κ2) is 3.80. The summed E-state index contributed by atoms with van der Waals surface area (Å²) in [5.74, 6) is -0.314. The summed E-state index contributed by atoms with van der Waals surface area (Å²) in [5, 5.41) is 18.5. The van der Waals surface area contributed by atoms with E-state index in [0.29, 0.717) is 5.69 Å². The monoisotopic (exact) mass is 200 g/mol. The molecule has 0 unspecified atom stereocenters. The number of rotatable bonds is 2. The summed E-state index contributed by atoms with van der Waals surface area (Å²) in [6.07, 6.45) is 1.49. The number of hydrogen-bond acceptors (Lipinski definition) is 3. The number of H-pyrrole nitrogens is 1. The molecular weight excluding hydrogens is 192 g/mol. The number of nitrogens with zero attached hydrogens (tertiary/aromatic N) is 2. The Morgan fingerprint density at radius 3 is 3.27 bits per heavy atom. The zero-order chi connectivity index (χ0) is 10.7. The smallest absolute Gasteiger partial charge is 0.238 e. The van der Waals surface area contributed by atoms with Crippen LogP contribution in [-0.2, 0) is 4.79 Å². The minimum atomic E-state index is -0.314. The molecule has 0 aliphatic rings. The lowest BCUT2D eigenvalue weighted by molar-refractivity contribution is -0.115. The molecule has 5 heteroatoms. The van der Waals surface area contributed by atoms with Gasteiger partial charge in [-0.3, -0.25) is 9.89 Å². The number of carbonyl (C=O) groups excluding carboxylic acids is 1. The van der Waals surface area contributed by atoms with Crippen LogP contribution in [0.5, 0.6) is 0 Å². The van der Waals surface area contributed by atoms with Gasteiger partial charge in [0.25, 0.3) is 0 Å². The molecule has 0 aliphatic heterocycles. The maximum Gasteiger partial charge on any atom is 0.238 e. The van der Waals surface area contributed by atoms with E-state index >= 15 is 0 Å². The molecule has 1 aromatic carbocycles. The predicted octanol–water partition coefficient (Wildman–Crippen LogP) is 1.42. The van der Waals surface area contributed by atoms with Crippen LogP contribution >= 0.6 is 0 Å². The van der Waals surface area contributed by atoms with Gasteiger partial charge in [-0.15, -0.1) is 0 Å². The van der Waals surface area contributed by atoms with Gasteiger partial charge in [-0.2, -0.15) is 10.4 Å². The van der Waals surface area contributed by atoms with Crippen molar-refractivity contribution in [3.8, 4) is 6.07 Å². The van der Waals surface area contributed by atoms with Crippen LogP contribution < -0.4 is 5.32 Å². The van der Waals surface area contributed by atoms with Crippen LogP contribution in [0.15, 0.2) is 24.4 Å². The van der Waals surface area contributed by atoms with E-state index in [2.05, 4.69) is 15.5 Å². The van der Waals surface area contributed by atoms with Gasteiger partial charge in [0.05, 0.1) is 23.5 Å². The SMILES string of the molecule is N#CCC(=O)Nc1cccc2[nH]ncc12. The Hall–Kier alpha value is -2.35. The number of nitriles is 1. The molecule has 0 atom stereocenters. The van der Waals surface area contributed by atoms with Gasteiger partial charge in [0.2, 0.25) is 5.91 Å². The highest BCUT2D eigenvalue weighted by Gasteiger charge is 2.05. The van der Waals surface area contributed by atoms with Crippen molar-refractivity contribution in [3.63, 3.8) is 0 Å². The van der Waals surface area contributed by atoms with Crippen molar-refractivity contribution < 1.29 is 4.79 Å². The van der Waals surface area contributed by atoms with E-state index in [1.54, 1.807) is 18.3 Å². The second-order valence-corrected chi connectivity index (χ2v) is 3.02. The summed E-state index contributed by atoms with van der Waals surface area (Å²) in [5.41, 5.74) is 1.52. The van der Waals surface area contributed by atoms with Crippen LogP contribution in [0.3, 0.4) is 0 Å². The summed E-state index contributed by atoms with van der Waals surface area (Å²) in [7, 11) is 0. The van der Waals surface area contributed by atoms with Crippen LogP contribution in [0.25, 0.3) is 10.9 Å². The Balaban J connectivity index is 2.32. The van der Waals surface area contributed by atoms with Gasteiger partial charge in [-0.1, -0.05) is 6.07 Å². The molecule has 1 amide bonds. The number of nitrogens with one attached hydrogen (secondary N) is 2. The molecule has 15 heavy (non-hydrogen) atoms. The molecule has 1 heterocycles. The molecule has 0 bridgehead atoms. The van der Waals surface area contributed by atoms with Gasteiger partial charge in [0, 0.05) is 5.39 Å². The highest BCUT2D eigenvalue weighted by molar-refractivity contribution is 6.01. The fourth-order valence-electron chi connectivity index (χ4n) is 1.34. The number of anilines is 1. The molecule has 0 spiro atoms. The van der Waals surface area contributed by atoms with Crippen LogP contribution in [0, 0.1) is 11.3 Å². The van der Waals surface area contributed by atoms with Gasteiger partial charge in [-0.05, 0) is 12.1 Å². The first-order valence-electron chi connectivity index (χ1n) is 4.40. The summed E-state index contributed by atoms with van der Waals surface area (Å²) in [6.45, 7) is 0. The molecule has 1 aromatic heterocycles. The van der Waals surface area contributed by atoms with Gasteiger partial charge >= 0.3 is 0 Å². The Labute approximate surface area is 85.7 Å². The number of benzene rings is 1. The van der Waals surface area contributed by atoms with Crippen molar-refractivity contribution in [3.05, 3.63) is 24.4 Å².